The first-order valence-electron chi connectivity index (χ1n) is 8.53. The van der Waals surface area contributed by atoms with Crippen LogP contribution in [0.15, 0.2) is 0 Å². The van der Waals surface area contributed by atoms with Crippen molar-refractivity contribution in [2.45, 2.75) is 70.0 Å². The van der Waals surface area contributed by atoms with E-state index in [1.807, 2.05) is 0 Å². The third-order valence-electron chi connectivity index (χ3n) is 5.34. The largest absolute Gasteiger partial charge is 0.341 e. The van der Waals surface area contributed by atoms with Crippen molar-refractivity contribution in [3.63, 3.8) is 0 Å². The van der Waals surface area contributed by atoms with Crippen LogP contribution in [0.4, 0.5) is 0 Å². The maximum Gasteiger partial charge on any atom is 0.239 e. The standard InChI is InChI=1S/C16H29N3O/c1-13(16(20)19-8-3-2-4-9-19)17-14-7-11-18-10-5-6-15(18)12-14/h13-15,17H,2-12H2,1H3. The van der Waals surface area contributed by atoms with Gasteiger partial charge in [0.1, 0.15) is 0 Å². The summed E-state index contributed by atoms with van der Waals surface area (Å²) in [7, 11) is 0. The maximum atomic E-state index is 12.5. The van der Waals surface area contributed by atoms with Crippen molar-refractivity contribution >= 4 is 5.91 Å². The van der Waals surface area contributed by atoms with Gasteiger partial charge in [0.15, 0.2) is 0 Å². The average molecular weight is 279 g/mol. The summed E-state index contributed by atoms with van der Waals surface area (Å²) in [4.78, 5) is 17.1. The quantitative estimate of drug-likeness (QED) is 0.852. The highest BCUT2D eigenvalue weighted by molar-refractivity contribution is 5.81. The molecule has 3 heterocycles. The molecule has 3 atom stereocenters. The molecule has 0 spiro atoms. The Kier molecular flexibility index (Phi) is 4.61. The molecule has 0 aromatic heterocycles. The van der Waals surface area contributed by atoms with Crippen LogP contribution in [0.5, 0.6) is 0 Å². The molecule has 1 amide bonds. The summed E-state index contributed by atoms with van der Waals surface area (Å²) in [5, 5.41) is 3.61. The molecule has 3 aliphatic rings. The van der Waals surface area contributed by atoms with E-state index in [-0.39, 0.29) is 6.04 Å². The van der Waals surface area contributed by atoms with Crippen LogP contribution < -0.4 is 5.32 Å². The van der Waals surface area contributed by atoms with Gasteiger partial charge >= 0.3 is 0 Å². The van der Waals surface area contributed by atoms with Crippen molar-refractivity contribution in [1.82, 2.24) is 15.1 Å². The number of hydrogen-bond donors (Lipinski definition) is 1. The molecule has 20 heavy (non-hydrogen) atoms. The number of amides is 1. The summed E-state index contributed by atoms with van der Waals surface area (Å²) >= 11 is 0. The Morgan fingerprint density at radius 3 is 2.65 bits per heavy atom. The number of likely N-dealkylation sites (tertiary alicyclic amines) is 1. The maximum absolute atomic E-state index is 12.5. The lowest BCUT2D eigenvalue weighted by Crippen LogP contribution is -2.53. The topological polar surface area (TPSA) is 35.6 Å². The second kappa shape index (κ2) is 6.44. The van der Waals surface area contributed by atoms with Crippen molar-refractivity contribution < 1.29 is 4.79 Å². The molecule has 0 aromatic rings. The first-order valence-corrected chi connectivity index (χ1v) is 8.53. The third-order valence-corrected chi connectivity index (χ3v) is 5.34. The van der Waals surface area contributed by atoms with Gasteiger partial charge in [-0.15, -0.1) is 0 Å². The smallest absolute Gasteiger partial charge is 0.239 e. The first-order chi connectivity index (χ1) is 9.74. The summed E-state index contributed by atoms with van der Waals surface area (Å²) in [6.45, 7) is 6.49. The van der Waals surface area contributed by atoms with Gasteiger partial charge in [-0.3, -0.25) is 4.79 Å². The van der Waals surface area contributed by atoms with Crippen molar-refractivity contribution in [2.24, 2.45) is 0 Å². The highest BCUT2D eigenvalue weighted by atomic mass is 16.2. The molecular weight excluding hydrogens is 250 g/mol. The summed E-state index contributed by atoms with van der Waals surface area (Å²) in [6.07, 6.45) is 8.79. The van der Waals surface area contributed by atoms with Gasteiger partial charge in [0.25, 0.3) is 0 Å². The highest BCUT2D eigenvalue weighted by Crippen LogP contribution is 2.27. The van der Waals surface area contributed by atoms with Gasteiger partial charge in [0.05, 0.1) is 6.04 Å². The van der Waals surface area contributed by atoms with Gasteiger partial charge in [-0.25, -0.2) is 0 Å². The number of nitrogens with zero attached hydrogens (tertiary/aromatic N) is 2. The van der Waals surface area contributed by atoms with E-state index in [9.17, 15) is 4.79 Å². The fourth-order valence-electron chi connectivity index (χ4n) is 4.19. The molecule has 114 valence electrons. The Morgan fingerprint density at radius 1 is 1.05 bits per heavy atom. The number of carbonyl (C=O) groups excluding carboxylic acids is 1. The molecule has 0 aliphatic carbocycles. The molecule has 1 N–H and O–H groups in total. The van der Waals surface area contributed by atoms with Crippen molar-refractivity contribution in [2.75, 3.05) is 26.2 Å². The molecule has 4 nitrogen and oxygen atoms in total. The van der Waals surface area contributed by atoms with Gasteiger partial charge < -0.3 is 15.1 Å². The van der Waals surface area contributed by atoms with Crippen LogP contribution in [0.25, 0.3) is 0 Å². The summed E-state index contributed by atoms with van der Waals surface area (Å²) in [5.74, 6) is 0.318. The van der Waals surface area contributed by atoms with Crippen LogP contribution in [0.2, 0.25) is 0 Å². The average Bonchev–Trinajstić information content (AvgIpc) is 2.95. The van der Waals surface area contributed by atoms with Crippen molar-refractivity contribution in [1.29, 1.82) is 0 Å². The van der Waals surface area contributed by atoms with E-state index in [1.54, 1.807) is 0 Å². The zero-order chi connectivity index (χ0) is 13.9. The fraction of sp³-hybridized carbons (Fsp3) is 0.938. The minimum atomic E-state index is -0.00828. The van der Waals surface area contributed by atoms with Crippen LogP contribution in [-0.2, 0) is 4.79 Å². The van der Waals surface area contributed by atoms with E-state index in [0.29, 0.717) is 11.9 Å². The number of nitrogens with one attached hydrogen (secondary N) is 1. The van der Waals surface area contributed by atoms with E-state index in [1.165, 1.54) is 58.0 Å². The van der Waals surface area contributed by atoms with Gasteiger partial charge in [-0.1, -0.05) is 0 Å². The lowest BCUT2D eigenvalue weighted by molar-refractivity contribution is -0.134. The van der Waals surface area contributed by atoms with Gasteiger partial charge in [0, 0.05) is 25.2 Å². The number of rotatable bonds is 3. The third kappa shape index (κ3) is 3.17. The summed E-state index contributed by atoms with van der Waals surface area (Å²) in [6, 6.07) is 1.31. The minimum Gasteiger partial charge on any atom is -0.341 e. The molecular formula is C16H29N3O. The van der Waals surface area contributed by atoms with Gasteiger partial charge in [0.2, 0.25) is 5.91 Å². The Labute approximate surface area is 122 Å². The first kappa shape index (κ1) is 14.3. The van der Waals surface area contributed by atoms with E-state index in [2.05, 4.69) is 22.0 Å². The Bertz CT molecular complexity index is 341. The van der Waals surface area contributed by atoms with Crippen LogP contribution >= 0.6 is 0 Å². The zero-order valence-electron chi connectivity index (χ0n) is 12.8. The van der Waals surface area contributed by atoms with E-state index in [4.69, 9.17) is 0 Å². The number of fused-ring (bicyclic) bond motifs is 1. The predicted octanol–water partition coefficient (Wildman–Crippen LogP) is 1.60. The predicted molar refractivity (Wildman–Crippen MR) is 80.6 cm³/mol. The van der Waals surface area contributed by atoms with Gasteiger partial charge in [-0.2, -0.15) is 0 Å². The molecule has 3 saturated heterocycles. The Morgan fingerprint density at radius 2 is 1.85 bits per heavy atom. The normalized spacial score (nSPS) is 33.0. The Balaban J connectivity index is 1.48. The summed E-state index contributed by atoms with van der Waals surface area (Å²) in [5.41, 5.74) is 0. The monoisotopic (exact) mass is 279 g/mol. The Hall–Kier alpha value is -0.610. The number of piperidine rings is 2. The zero-order valence-corrected chi connectivity index (χ0v) is 12.8. The second-order valence-electron chi connectivity index (χ2n) is 6.83. The molecule has 3 unspecified atom stereocenters. The fourth-order valence-corrected chi connectivity index (χ4v) is 4.19. The lowest BCUT2D eigenvalue weighted by atomic mass is 9.97. The van der Waals surface area contributed by atoms with Crippen LogP contribution in [0, 0.1) is 0 Å². The number of carbonyl (C=O) groups is 1. The minimum absolute atomic E-state index is 0.00828. The molecule has 0 saturated carbocycles. The second-order valence-corrected chi connectivity index (χ2v) is 6.83. The number of hydrogen-bond acceptors (Lipinski definition) is 3. The summed E-state index contributed by atoms with van der Waals surface area (Å²) < 4.78 is 0. The van der Waals surface area contributed by atoms with Gasteiger partial charge in [-0.05, 0) is 65.0 Å². The van der Waals surface area contributed by atoms with E-state index >= 15 is 0 Å². The van der Waals surface area contributed by atoms with Crippen molar-refractivity contribution in [3.8, 4) is 0 Å². The molecule has 3 fully saturated rings. The molecule has 3 aliphatic heterocycles. The van der Waals surface area contributed by atoms with Crippen molar-refractivity contribution in [3.05, 3.63) is 0 Å². The molecule has 0 bridgehead atoms. The molecule has 0 radical (unpaired) electrons. The lowest BCUT2D eigenvalue weighted by Gasteiger charge is -2.37. The van der Waals surface area contributed by atoms with Crippen LogP contribution in [0.1, 0.15) is 51.9 Å². The van der Waals surface area contributed by atoms with E-state index < -0.39 is 0 Å². The van der Waals surface area contributed by atoms with E-state index in [0.717, 1.165) is 19.1 Å². The molecule has 3 rings (SSSR count). The highest BCUT2D eigenvalue weighted by Gasteiger charge is 2.33. The van der Waals surface area contributed by atoms with Crippen LogP contribution in [0.3, 0.4) is 0 Å². The SMILES string of the molecule is CC(NC1CCN2CCCC2C1)C(=O)N1CCCCC1. The van der Waals surface area contributed by atoms with Crippen LogP contribution in [-0.4, -0.2) is 60.0 Å². The molecule has 4 heteroatoms. The molecule has 0 aromatic carbocycles.